The Labute approximate surface area is 162 Å². The number of fused-ring (bicyclic) bond motifs is 1. The van der Waals surface area contributed by atoms with E-state index in [-0.39, 0.29) is 23.5 Å². The van der Waals surface area contributed by atoms with E-state index in [9.17, 15) is 14.0 Å². The number of piperidine rings is 2. The minimum absolute atomic E-state index is 0.0306. The first-order valence-electron chi connectivity index (χ1n) is 9.82. The van der Waals surface area contributed by atoms with Gasteiger partial charge >= 0.3 is 0 Å². The molecule has 4 rings (SSSR count). The zero-order valence-corrected chi connectivity index (χ0v) is 16.5. The van der Waals surface area contributed by atoms with Crippen LogP contribution in [0.25, 0.3) is 10.1 Å². The molecule has 144 valence electrons. The van der Waals surface area contributed by atoms with Crippen molar-refractivity contribution in [1.29, 1.82) is 0 Å². The maximum Gasteiger partial charge on any atom is 0.264 e. The number of carbonyl (C=O) groups excluding carboxylic acids is 2. The summed E-state index contributed by atoms with van der Waals surface area (Å²) in [6.45, 7) is 4.77. The third-order valence-electron chi connectivity index (χ3n) is 5.90. The molecular weight excluding hydrogens is 363 g/mol. The number of benzene rings is 1. The lowest BCUT2D eigenvalue weighted by atomic mass is 9.94. The molecule has 2 aliphatic heterocycles. The minimum Gasteiger partial charge on any atom is -0.342 e. The summed E-state index contributed by atoms with van der Waals surface area (Å²) >= 11 is 1.36. The Kier molecular flexibility index (Phi) is 5.17. The topological polar surface area (TPSA) is 40.6 Å². The van der Waals surface area contributed by atoms with Gasteiger partial charge in [-0.1, -0.05) is 6.07 Å². The fourth-order valence-corrected chi connectivity index (χ4v) is 5.49. The smallest absolute Gasteiger partial charge is 0.264 e. The molecule has 2 aliphatic rings. The Morgan fingerprint density at radius 1 is 1.04 bits per heavy atom. The van der Waals surface area contributed by atoms with Crippen LogP contribution in [0.2, 0.25) is 0 Å². The number of amides is 2. The molecule has 0 N–H and O–H groups in total. The normalized spacial score (nSPS) is 18.9. The van der Waals surface area contributed by atoms with Crippen molar-refractivity contribution in [1.82, 2.24) is 9.80 Å². The number of hydrogen-bond acceptors (Lipinski definition) is 3. The fraction of sp³-hybridized carbons (Fsp3) is 0.524. The number of likely N-dealkylation sites (tertiary alicyclic amines) is 2. The van der Waals surface area contributed by atoms with Crippen molar-refractivity contribution in [3.63, 3.8) is 0 Å². The van der Waals surface area contributed by atoms with Crippen molar-refractivity contribution >= 4 is 33.2 Å². The average molecular weight is 389 g/mol. The maximum atomic E-state index is 14.1. The lowest BCUT2D eigenvalue weighted by Gasteiger charge is -2.35. The first-order chi connectivity index (χ1) is 13.1. The van der Waals surface area contributed by atoms with Crippen molar-refractivity contribution in [2.24, 2.45) is 5.92 Å². The molecular formula is C21H25FN2O2S. The molecule has 0 saturated carbocycles. The van der Waals surface area contributed by atoms with Crippen LogP contribution in [0.3, 0.4) is 0 Å². The molecule has 2 saturated heterocycles. The number of hydrogen-bond donors (Lipinski definition) is 0. The predicted octanol–water partition coefficient (Wildman–Crippen LogP) is 4.21. The highest BCUT2D eigenvalue weighted by Gasteiger charge is 2.32. The summed E-state index contributed by atoms with van der Waals surface area (Å²) in [5, 5.41) is 0.556. The molecule has 2 amide bonds. The summed E-state index contributed by atoms with van der Waals surface area (Å²) < 4.78 is 14.9. The van der Waals surface area contributed by atoms with E-state index < -0.39 is 0 Å². The van der Waals surface area contributed by atoms with Crippen molar-refractivity contribution in [2.75, 3.05) is 26.2 Å². The number of aryl methyl sites for hydroxylation is 1. The van der Waals surface area contributed by atoms with Gasteiger partial charge in [-0.3, -0.25) is 9.59 Å². The SMILES string of the molecule is Cc1c(C(=O)N2CCC(C(=O)N3CCCCC3)CC2)sc2cccc(F)c12. The molecule has 0 atom stereocenters. The first kappa shape index (κ1) is 18.4. The van der Waals surface area contributed by atoms with E-state index in [0.29, 0.717) is 23.4 Å². The molecule has 4 nitrogen and oxygen atoms in total. The Morgan fingerprint density at radius 2 is 1.74 bits per heavy atom. The van der Waals surface area contributed by atoms with Crippen LogP contribution >= 0.6 is 11.3 Å². The summed E-state index contributed by atoms with van der Waals surface area (Å²) in [5.74, 6) is -0.00174. The zero-order valence-electron chi connectivity index (χ0n) is 15.7. The van der Waals surface area contributed by atoms with E-state index in [0.717, 1.165) is 49.0 Å². The molecule has 0 spiro atoms. The van der Waals surface area contributed by atoms with Gasteiger partial charge in [-0.2, -0.15) is 0 Å². The van der Waals surface area contributed by atoms with Crippen molar-refractivity contribution in [3.8, 4) is 0 Å². The van der Waals surface area contributed by atoms with Gasteiger partial charge in [-0.25, -0.2) is 4.39 Å². The molecule has 27 heavy (non-hydrogen) atoms. The van der Waals surface area contributed by atoms with E-state index in [2.05, 4.69) is 0 Å². The molecule has 0 unspecified atom stereocenters. The average Bonchev–Trinajstić information content (AvgIpc) is 3.05. The van der Waals surface area contributed by atoms with Gasteiger partial charge in [0.2, 0.25) is 5.91 Å². The highest BCUT2D eigenvalue weighted by molar-refractivity contribution is 7.21. The third kappa shape index (κ3) is 3.47. The molecule has 3 heterocycles. The van der Waals surface area contributed by atoms with E-state index in [4.69, 9.17) is 0 Å². The van der Waals surface area contributed by atoms with Crippen LogP contribution in [0, 0.1) is 18.7 Å². The summed E-state index contributed by atoms with van der Waals surface area (Å²) in [6.07, 6.45) is 4.86. The Hall–Kier alpha value is -1.95. The quantitative estimate of drug-likeness (QED) is 0.773. The number of halogens is 1. The number of thiophene rings is 1. The van der Waals surface area contributed by atoms with Crippen LogP contribution in [0.4, 0.5) is 4.39 Å². The van der Waals surface area contributed by atoms with Gasteiger partial charge in [-0.15, -0.1) is 11.3 Å². The number of carbonyl (C=O) groups is 2. The standard InChI is InChI=1S/C21H25FN2O2S/c1-14-18-16(22)6-5-7-17(18)27-19(14)21(26)24-12-8-15(9-13-24)20(25)23-10-3-2-4-11-23/h5-7,15H,2-4,8-13H2,1H3. The fourth-order valence-electron chi connectivity index (χ4n) is 4.30. The molecule has 0 bridgehead atoms. The Bertz CT molecular complexity index is 864. The number of rotatable bonds is 2. The molecule has 6 heteroatoms. The van der Waals surface area contributed by atoms with E-state index in [1.165, 1.54) is 23.8 Å². The molecule has 0 radical (unpaired) electrons. The second-order valence-electron chi connectivity index (χ2n) is 7.62. The zero-order chi connectivity index (χ0) is 19.0. The van der Waals surface area contributed by atoms with Gasteiger partial charge in [0.1, 0.15) is 5.82 Å². The van der Waals surface area contributed by atoms with Gasteiger partial charge in [-0.05, 0) is 56.7 Å². The monoisotopic (exact) mass is 388 g/mol. The first-order valence-corrected chi connectivity index (χ1v) is 10.6. The van der Waals surface area contributed by atoms with Gasteiger partial charge < -0.3 is 9.80 Å². The second-order valence-corrected chi connectivity index (χ2v) is 8.67. The second kappa shape index (κ2) is 7.58. The van der Waals surface area contributed by atoms with Crippen molar-refractivity contribution < 1.29 is 14.0 Å². The summed E-state index contributed by atoms with van der Waals surface area (Å²) in [5.41, 5.74) is 0.726. The van der Waals surface area contributed by atoms with Crippen molar-refractivity contribution in [3.05, 3.63) is 34.5 Å². The summed E-state index contributed by atoms with van der Waals surface area (Å²) in [7, 11) is 0. The Balaban J connectivity index is 1.44. The van der Waals surface area contributed by atoms with Gasteiger partial charge in [0.05, 0.1) is 4.88 Å². The molecule has 0 aliphatic carbocycles. The van der Waals surface area contributed by atoms with E-state index in [1.54, 1.807) is 6.07 Å². The lowest BCUT2D eigenvalue weighted by molar-refractivity contribution is -0.137. The maximum absolute atomic E-state index is 14.1. The molecule has 1 aromatic heterocycles. The van der Waals surface area contributed by atoms with Crippen LogP contribution in [0.15, 0.2) is 18.2 Å². The van der Waals surface area contributed by atoms with E-state index in [1.807, 2.05) is 22.8 Å². The molecule has 1 aromatic carbocycles. The van der Waals surface area contributed by atoms with E-state index >= 15 is 0 Å². The Morgan fingerprint density at radius 3 is 2.41 bits per heavy atom. The van der Waals surface area contributed by atoms with Crippen LogP contribution < -0.4 is 0 Å². The lowest BCUT2D eigenvalue weighted by Crippen LogP contribution is -2.45. The summed E-state index contributed by atoms with van der Waals surface area (Å²) in [4.78, 5) is 30.1. The highest BCUT2D eigenvalue weighted by Crippen LogP contribution is 2.34. The highest BCUT2D eigenvalue weighted by atomic mass is 32.1. The van der Waals surface area contributed by atoms with Crippen molar-refractivity contribution in [2.45, 2.75) is 39.0 Å². The largest absolute Gasteiger partial charge is 0.342 e. The van der Waals surface area contributed by atoms with Crippen LogP contribution in [0.5, 0.6) is 0 Å². The van der Waals surface area contributed by atoms with Crippen LogP contribution in [-0.4, -0.2) is 47.8 Å². The van der Waals surface area contributed by atoms with Gasteiger partial charge in [0.25, 0.3) is 5.91 Å². The third-order valence-corrected chi connectivity index (χ3v) is 7.14. The van der Waals surface area contributed by atoms with Crippen LogP contribution in [0.1, 0.15) is 47.3 Å². The molecule has 2 fully saturated rings. The van der Waals surface area contributed by atoms with Crippen LogP contribution in [-0.2, 0) is 4.79 Å². The summed E-state index contributed by atoms with van der Waals surface area (Å²) in [6, 6.07) is 4.98. The number of nitrogens with zero attached hydrogens (tertiary/aromatic N) is 2. The molecule has 2 aromatic rings. The van der Waals surface area contributed by atoms with Gasteiger partial charge in [0.15, 0.2) is 0 Å². The minimum atomic E-state index is -0.272. The predicted molar refractivity (Wildman–Crippen MR) is 106 cm³/mol. The van der Waals surface area contributed by atoms with Gasteiger partial charge in [0, 0.05) is 42.2 Å².